The lowest BCUT2D eigenvalue weighted by Crippen LogP contribution is -2.42. The summed E-state index contributed by atoms with van der Waals surface area (Å²) in [7, 11) is 0. The van der Waals surface area contributed by atoms with E-state index in [1.807, 2.05) is 48.4 Å². The maximum atomic E-state index is 13.0. The van der Waals surface area contributed by atoms with Crippen molar-refractivity contribution in [1.82, 2.24) is 9.88 Å². The van der Waals surface area contributed by atoms with E-state index in [-0.39, 0.29) is 11.8 Å². The summed E-state index contributed by atoms with van der Waals surface area (Å²) < 4.78 is 0. The third kappa shape index (κ3) is 6.07. The van der Waals surface area contributed by atoms with Crippen LogP contribution in [0.5, 0.6) is 0 Å². The number of likely N-dealkylation sites (tertiary alicyclic amines) is 1. The van der Waals surface area contributed by atoms with Crippen molar-refractivity contribution >= 4 is 29.3 Å². The Balaban J connectivity index is 1.59. The molecule has 1 saturated heterocycles. The molecule has 1 N–H and O–H groups in total. The minimum absolute atomic E-state index is 0.0462. The third-order valence-corrected chi connectivity index (χ3v) is 6.14. The largest absolute Gasteiger partial charge is 0.338 e. The second-order valence-electron chi connectivity index (χ2n) is 8.09. The van der Waals surface area contributed by atoms with Crippen molar-refractivity contribution in [2.24, 2.45) is 11.8 Å². The number of hydrogen-bond donors (Lipinski definition) is 1. The predicted octanol–water partition coefficient (Wildman–Crippen LogP) is 4.38. The second-order valence-corrected chi connectivity index (χ2v) is 9.07. The van der Waals surface area contributed by atoms with Gasteiger partial charge in [-0.05, 0) is 54.5 Å². The zero-order valence-corrected chi connectivity index (χ0v) is 18.2. The number of anilines is 1. The number of carbonyl (C=O) groups is 2. The number of benzene rings is 1. The lowest BCUT2D eigenvalue weighted by molar-refractivity contribution is -0.113. The summed E-state index contributed by atoms with van der Waals surface area (Å²) in [5.41, 5.74) is 3.39. The first-order chi connectivity index (χ1) is 13.9. The van der Waals surface area contributed by atoms with Gasteiger partial charge in [-0.25, -0.2) is 0 Å². The molecule has 1 fully saturated rings. The van der Waals surface area contributed by atoms with Crippen molar-refractivity contribution in [3.8, 4) is 0 Å². The number of nitrogens with zero attached hydrogens (tertiary/aromatic N) is 2. The molecular formula is C23H29N3O2S. The number of aromatic nitrogens is 1. The van der Waals surface area contributed by atoms with Crippen molar-refractivity contribution in [3.05, 3.63) is 59.4 Å². The van der Waals surface area contributed by atoms with Gasteiger partial charge in [0.15, 0.2) is 0 Å². The molecular weight excluding hydrogens is 382 g/mol. The highest BCUT2D eigenvalue weighted by atomic mass is 32.2. The number of amides is 2. The molecule has 1 aromatic heterocycles. The van der Waals surface area contributed by atoms with Crippen LogP contribution >= 0.6 is 11.8 Å². The number of nitrogens with one attached hydrogen (secondary N) is 1. The van der Waals surface area contributed by atoms with E-state index in [0.717, 1.165) is 36.4 Å². The third-order valence-electron chi connectivity index (χ3n) is 5.14. The molecule has 5 nitrogen and oxygen atoms in total. The molecule has 6 heteroatoms. The molecule has 0 radical (unpaired) electrons. The normalized spacial score (nSPS) is 19.1. The van der Waals surface area contributed by atoms with Gasteiger partial charge in [0.05, 0.1) is 5.75 Å². The Labute approximate surface area is 177 Å². The lowest BCUT2D eigenvalue weighted by Gasteiger charge is -2.35. The van der Waals surface area contributed by atoms with Gasteiger partial charge < -0.3 is 10.2 Å². The monoisotopic (exact) mass is 411 g/mol. The Bertz CT molecular complexity index is 846. The van der Waals surface area contributed by atoms with E-state index in [2.05, 4.69) is 24.1 Å². The molecule has 2 amide bonds. The van der Waals surface area contributed by atoms with Crippen LogP contribution in [-0.2, 0) is 10.5 Å². The number of piperidine rings is 1. The summed E-state index contributed by atoms with van der Waals surface area (Å²) in [6.45, 7) is 7.92. The van der Waals surface area contributed by atoms with Crippen molar-refractivity contribution in [2.75, 3.05) is 24.2 Å². The van der Waals surface area contributed by atoms with Crippen LogP contribution in [-0.4, -0.2) is 40.5 Å². The number of pyridine rings is 1. The van der Waals surface area contributed by atoms with Crippen LogP contribution in [0, 0.1) is 18.8 Å². The van der Waals surface area contributed by atoms with Gasteiger partial charge in [-0.2, -0.15) is 0 Å². The van der Waals surface area contributed by atoms with E-state index >= 15 is 0 Å². The van der Waals surface area contributed by atoms with Crippen LogP contribution in [0.25, 0.3) is 0 Å². The molecule has 2 unspecified atom stereocenters. The Hall–Kier alpha value is -2.34. The molecule has 29 heavy (non-hydrogen) atoms. The number of aryl methyl sites for hydroxylation is 1. The average Bonchev–Trinajstić information content (AvgIpc) is 2.69. The number of rotatable bonds is 6. The molecule has 1 aliphatic rings. The topological polar surface area (TPSA) is 62.3 Å². The van der Waals surface area contributed by atoms with E-state index in [0.29, 0.717) is 28.8 Å². The minimum atomic E-state index is -0.0631. The van der Waals surface area contributed by atoms with Crippen molar-refractivity contribution in [1.29, 1.82) is 0 Å². The first-order valence-electron chi connectivity index (χ1n) is 10.1. The zero-order chi connectivity index (χ0) is 20.8. The number of thioether (sulfide) groups is 1. The summed E-state index contributed by atoms with van der Waals surface area (Å²) in [4.78, 5) is 31.4. The second kappa shape index (κ2) is 9.92. The fourth-order valence-electron chi connectivity index (χ4n) is 3.83. The molecule has 2 heterocycles. The Morgan fingerprint density at radius 3 is 2.66 bits per heavy atom. The molecule has 0 aliphatic carbocycles. The van der Waals surface area contributed by atoms with Gasteiger partial charge in [0.1, 0.15) is 0 Å². The highest BCUT2D eigenvalue weighted by Gasteiger charge is 2.26. The van der Waals surface area contributed by atoms with Crippen molar-refractivity contribution < 1.29 is 9.59 Å². The fourth-order valence-corrected chi connectivity index (χ4v) is 4.60. The van der Waals surface area contributed by atoms with Crippen LogP contribution in [0.4, 0.5) is 5.69 Å². The van der Waals surface area contributed by atoms with Crippen LogP contribution in [0.15, 0.2) is 42.7 Å². The standard InChI is InChI=1S/C23H29N3O2S/c1-16-9-17(2)13-26(12-16)23(28)20-7-6-18(3)21(10-20)25-22(27)15-29-14-19-5-4-8-24-11-19/h4-8,10-11,16-17H,9,12-15H2,1-3H3,(H,25,27). The summed E-state index contributed by atoms with van der Waals surface area (Å²) in [5.74, 6) is 2.11. The fraction of sp³-hybridized carbons (Fsp3) is 0.435. The molecule has 3 rings (SSSR count). The SMILES string of the molecule is Cc1ccc(C(=O)N2CC(C)CC(C)C2)cc1NC(=O)CSCc1cccnc1. The van der Waals surface area contributed by atoms with Gasteiger partial charge in [-0.15, -0.1) is 11.8 Å². The molecule has 0 saturated carbocycles. The Morgan fingerprint density at radius 2 is 1.97 bits per heavy atom. The molecule has 154 valence electrons. The van der Waals surface area contributed by atoms with Crippen molar-refractivity contribution in [3.63, 3.8) is 0 Å². The molecule has 0 bridgehead atoms. The van der Waals surface area contributed by atoms with Crippen LogP contribution in [0.2, 0.25) is 0 Å². The van der Waals surface area contributed by atoms with Crippen LogP contribution in [0.3, 0.4) is 0 Å². The molecule has 1 aliphatic heterocycles. The average molecular weight is 412 g/mol. The first-order valence-corrected chi connectivity index (χ1v) is 11.2. The van der Waals surface area contributed by atoms with Gasteiger partial charge in [0.2, 0.25) is 5.91 Å². The summed E-state index contributed by atoms with van der Waals surface area (Å²) >= 11 is 1.55. The highest BCUT2D eigenvalue weighted by Crippen LogP contribution is 2.24. The van der Waals surface area contributed by atoms with E-state index in [4.69, 9.17) is 0 Å². The van der Waals surface area contributed by atoms with Crippen LogP contribution < -0.4 is 5.32 Å². The summed E-state index contributed by atoms with van der Waals surface area (Å²) in [5, 5.41) is 2.97. The van der Waals surface area contributed by atoms with Gasteiger partial charge in [0.25, 0.3) is 5.91 Å². The van der Waals surface area contributed by atoms with Gasteiger partial charge in [-0.1, -0.05) is 26.0 Å². The Kier molecular flexibility index (Phi) is 7.31. The summed E-state index contributed by atoms with van der Waals surface area (Å²) in [6, 6.07) is 9.47. The molecule has 2 aromatic rings. The van der Waals surface area contributed by atoms with Gasteiger partial charge in [0, 0.05) is 42.5 Å². The number of hydrogen-bond acceptors (Lipinski definition) is 4. The maximum Gasteiger partial charge on any atom is 0.253 e. The van der Waals surface area contributed by atoms with Gasteiger partial charge >= 0.3 is 0 Å². The van der Waals surface area contributed by atoms with E-state index in [1.165, 1.54) is 0 Å². The first kappa shape index (κ1) is 21.4. The number of carbonyl (C=O) groups excluding carboxylic acids is 2. The maximum absolute atomic E-state index is 13.0. The highest BCUT2D eigenvalue weighted by molar-refractivity contribution is 7.99. The molecule has 1 aromatic carbocycles. The van der Waals surface area contributed by atoms with Gasteiger partial charge in [-0.3, -0.25) is 14.6 Å². The van der Waals surface area contributed by atoms with E-state index in [9.17, 15) is 9.59 Å². The predicted molar refractivity (Wildman–Crippen MR) is 119 cm³/mol. The van der Waals surface area contributed by atoms with Crippen molar-refractivity contribution in [2.45, 2.75) is 32.9 Å². The van der Waals surface area contributed by atoms with E-state index in [1.54, 1.807) is 18.0 Å². The minimum Gasteiger partial charge on any atom is -0.338 e. The Morgan fingerprint density at radius 1 is 1.21 bits per heavy atom. The summed E-state index contributed by atoms with van der Waals surface area (Å²) in [6.07, 6.45) is 4.71. The lowest BCUT2D eigenvalue weighted by atomic mass is 9.91. The van der Waals surface area contributed by atoms with Crippen LogP contribution in [0.1, 0.15) is 41.8 Å². The quantitative estimate of drug-likeness (QED) is 0.766. The smallest absolute Gasteiger partial charge is 0.253 e. The molecule has 0 spiro atoms. The zero-order valence-electron chi connectivity index (χ0n) is 17.4. The molecule has 2 atom stereocenters. The van der Waals surface area contributed by atoms with E-state index < -0.39 is 0 Å².